The Hall–Kier alpha value is -3.09. The lowest BCUT2D eigenvalue weighted by Crippen LogP contribution is -2.47. The summed E-state index contributed by atoms with van der Waals surface area (Å²) in [6, 6.07) is 5.49. The van der Waals surface area contributed by atoms with Gasteiger partial charge in [-0.3, -0.25) is 14.9 Å². The molecule has 0 saturated heterocycles. The molecule has 2 aliphatic rings. The number of fused-ring (bicyclic) bond motifs is 2. The van der Waals surface area contributed by atoms with Crippen molar-refractivity contribution in [2.24, 2.45) is 29.4 Å². The van der Waals surface area contributed by atoms with E-state index in [1.54, 1.807) is 6.07 Å². The predicted molar refractivity (Wildman–Crippen MR) is 122 cm³/mol. The van der Waals surface area contributed by atoms with E-state index in [-0.39, 0.29) is 41.1 Å². The van der Waals surface area contributed by atoms with E-state index in [0.29, 0.717) is 12.2 Å². The molecule has 34 heavy (non-hydrogen) atoms. The van der Waals surface area contributed by atoms with Gasteiger partial charge < -0.3 is 26.8 Å². The lowest BCUT2D eigenvalue weighted by Gasteiger charge is -2.35. The third kappa shape index (κ3) is 5.18. The molecule has 11 nitrogen and oxygen atoms in total. The van der Waals surface area contributed by atoms with Crippen molar-refractivity contribution in [3.63, 3.8) is 0 Å². The molecule has 2 aromatic rings. The number of aliphatic hydroxyl groups excluding tert-OH is 1. The van der Waals surface area contributed by atoms with Crippen LogP contribution in [0.2, 0.25) is 5.28 Å². The van der Waals surface area contributed by atoms with Gasteiger partial charge in [-0.15, -0.1) is 0 Å². The summed E-state index contributed by atoms with van der Waals surface area (Å²) in [5.41, 5.74) is 6.01. The van der Waals surface area contributed by atoms with E-state index in [2.05, 4.69) is 25.9 Å². The SMILES string of the molecule is NC(=O)C1C2CC(CNCC(O)Nc3cccc([N+](=O)[O-])c3)C(C2)C1Nc1nc(Cl)ncc1F. The van der Waals surface area contributed by atoms with E-state index in [4.69, 9.17) is 17.3 Å². The summed E-state index contributed by atoms with van der Waals surface area (Å²) in [6.45, 7) is 0.760. The number of nitrogens with one attached hydrogen (secondary N) is 3. The van der Waals surface area contributed by atoms with Crippen molar-refractivity contribution >= 4 is 34.7 Å². The quantitative estimate of drug-likeness (QED) is 0.143. The number of hydrogen-bond donors (Lipinski definition) is 5. The van der Waals surface area contributed by atoms with Gasteiger partial charge in [-0.1, -0.05) is 6.07 Å². The highest BCUT2D eigenvalue weighted by Crippen LogP contribution is 2.52. The first-order valence-corrected chi connectivity index (χ1v) is 11.2. The minimum absolute atomic E-state index is 0.0463. The lowest BCUT2D eigenvalue weighted by molar-refractivity contribution is -0.384. The van der Waals surface area contributed by atoms with Crippen LogP contribution >= 0.6 is 11.6 Å². The molecule has 2 aliphatic carbocycles. The van der Waals surface area contributed by atoms with E-state index >= 15 is 0 Å². The smallest absolute Gasteiger partial charge is 0.271 e. The number of amides is 1. The summed E-state index contributed by atoms with van der Waals surface area (Å²) < 4.78 is 14.2. The van der Waals surface area contributed by atoms with Crippen LogP contribution < -0.4 is 21.7 Å². The molecule has 1 heterocycles. The first-order chi connectivity index (χ1) is 16.2. The van der Waals surface area contributed by atoms with Crippen molar-refractivity contribution in [1.29, 1.82) is 0 Å². The topological polar surface area (TPSA) is 168 Å². The summed E-state index contributed by atoms with van der Waals surface area (Å²) in [5.74, 6) is -1.33. The molecule has 0 radical (unpaired) electrons. The Morgan fingerprint density at radius 3 is 2.94 bits per heavy atom. The summed E-state index contributed by atoms with van der Waals surface area (Å²) in [4.78, 5) is 30.0. The Kier molecular flexibility index (Phi) is 7.10. The highest BCUT2D eigenvalue weighted by Gasteiger charge is 2.54. The number of aliphatic hydroxyl groups is 1. The standard InChI is InChI=1S/C21H25ClFN7O4/c22-21-26-8-15(23)20(29-21)28-18-14-5-10(17(18)19(24)32)4-11(14)7-25-9-16(31)27-12-2-1-3-13(6-12)30(33)34/h1-3,6,8,10-11,14,16-18,25,27,31H,4-5,7,9H2,(H2,24,32)(H,26,28,29). The number of aromatic nitrogens is 2. The number of hydrogen-bond acceptors (Lipinski definition) is 9. The highest BCUT2D eigenvalue weighted by molar-refractivity contribution is 6.28. The van der Waals surface area contributed by atoms with E-state index in [1.807, 2.05) is 0 Å². The Balaban J connectivity index is 1.34. The molecule has 2 fully saturated rings. The highest BCUT2D eigenvalue weighted by atomic mass is 35.5. The zero-order valence-corrected chi connectivity index (χ0v) is 18.8. The second-order valence-electron chi connectivity index (χ2n) is 8.72. The molecule has 0 spiro atoms. The number of anilines is 2. The van der Waals surface area contributed by atoms with Gasteiger partial charge in [0.25, 0.3) is 5.69 Å². The van der Waals surface area contributed by atoms with Gasteiger partial charge in [0.15, 0.2) is 11.6 Å². The first kappa shape index (κ1) is 24.0. The third-order valence-corrected chi connectivity index (χ3v) is 6.81. The molecule has 6 unspecified atom stereocenters. The maximum atomic E-state index is 14.2. The fourth-order valence-electron chi connectivity index (χ4n) is 5.30. The number of benzene rings is 1. The van der Waals surface area contributed by atoms with Gasteiger partial charge in [0.1, 0.15) is 6.23 Å². The van der Waals surface area contributed by atoms with Crippen LogP contribution in [0.1, 0.15) is 12.8 Å². The van der Waals surface area contributed by atoms with Crippen LogP contribution in [0, 0.1) is 39.6 Å². The molecule has 0 aliphatic heterocycles. The van der Waals surface area contributed by atoms with Gasteiger partial charge in [-0.05, 0) is 54.8 Å². The van der Waals surface area contributed by atoms with Crippen LogP contribution in [0.25, 0.3) is 0 Å². The van der Waals surface area contributed by atoms with Gasteiger partial charge in [0.05, 0.1) is 17.0 Å². The van der Waals surface area contributed by atoms with Crippen LogP contribution in [0.4, 0.5) is 21.6 Å². The summed E-state index contributed by atoms with van der Waals surface area (Å²) in [7, 11) is 0. The summed E-state index contributed by atoms with van der Waals surface area (Å²) in [5, 5.41) is 30.1. The molecule has 2 saturated carbocycles. The van der Waals surface area contributed by atoms with Gasteiger partial charge in [0.2, 0.25) is 11.2 Å². The van der Waals surface area contributed by atoms with Crippen LogP contribution in [-0.2, 0) is 4.79 Å². The van der Waals surface area contributed by atoms with E-state index in [9.17, 15) is 24.4 Å². The Morgan fingerprint density at radius 2 is 2.21 bits per heavy atom. The molecular formula is C21H25ClFN7O4. The number of nitrogens with zero attached hydrogens (tertiary/aromatic N) is 3. The first-order valence-electron chi connectivity index (χ1n) is 10.9. The van der Waals surface area contributed by atoms with Crippen molar-refractivity contribution in [2.45, 2.75) is 25.1 Å². The molecule has 1 aromatic heterocycles. The Morgan fingerprint density at radius 1 is 1.41 bits per heavy atom. The fourth-order valence-corrected chi connectivity index (χ4v) is 5.43. The molecule has 6 atom stereocenters. The Bertz CT molecular complexity index is 1080. The fraction of sp³-hybridized carbons (Fsp3) is 0.476. The normalized spacial score (nSPS) is 26.3. The predicted octanol–water partition coefficient (Wildman–Crippen LogP) is 1.74. The molecule has 1 aromatic carbocycles. The molecule has 13 heteroatoms. The third-order valence-electron chi connectivity index (χ3n) is 6.62. The largest absolute Gasteiger partial charge is 0.372 e. The van der Waals surface area contributed by atoms with E-state index in [0.717, 1.165) is 19.0 Å². The maximum Gasteiger partial charge on any atom is 0.271 e. The second-order valence-corrected chi connectivity index (χ2v) is 9.05. The van der Waals surface area contributed by atoms with E-state index in [1.165, 1.54) is 18.2 Å². The molecule has 182 valence electrons. The van der Waals surface area contributed by atoms with Crippen molar-refractivity contribution < 1.29 is 19.2 Å². The van der Waals surface area contributed by atoms with Gasteiger partial charge in [-0.25, -0.2) is 9.37 Å². The minimum Gasteiger partial charge on any atom is -0.372 e. The zero-order valence-electron chi connectivity index (χ0n) is 18.0. The van der Waals surface area contributed by atoms with E-state index < -0.39 is 34.8 Å². The summed E-state index contributed by atoms with van der Waals surface area (Å²) in [6.07, 6.45) is 1.56. The van der Waals surface area contributed by atoms with Gasteiger partial charge in [0, 0.05) is 30.4 Å². The van der Waals surface area contributed by atoms with Crippen LogP contribution in [-0.4, -0.2) is 51.3 Å². The summed E-state index contributed by atoms with van der Waals surface area (Å²) >= 11 is 5.80. The molecule has 4 rings (SSSR count). The number of nitro groups is 1. The average molecular weight is 494 g/mol. The maximum absolute atomic E-state index is 14.2. The molecular weight excluding hydrogens is 469 g/mol. The van der Waals surface area contributed by atoms with Crippen LogP contribution in [0.15, 0.2) is 30.5 Å². The van der Waals surface area contributed by atoms with Gasteiger partial charge >= 0.3 is 0 Å². The van der Waals surface area contributed by atoms with Crippen molar-refractivity contribution in [2.75, 3.05) is 23.7 Å². The number of rotatable bonds is 10. The lowest BCUT2D eigenvalue weighted by atomic mass is 9.77. The molecule has 6 N–H and O–H groups in total. The number of carbonyl (C=O) groups excluding carboxylic acids is 1. The van der Waals surface area contributed by atoms with Crippen molar-refractivity contribution in [3.8, 4) is 0 Å². The number of halogens is 2. The number of nitro benzene ring substituents is 1. The number of primary amides is 1. The van der Waals surface area contributed by atoms with Gasteiger partial charge in [-0.2, -0.15) is 4.98 Å². The second kappa shape index (κ2) is 10.0. The number of carbonyl (C=O) groups is 1. The minimum atomic E-state index is -0.967. The van der Waals surface area contributed by atoms with Crippen molar-refractivity contribution in [1.82, 2.24) is 15.3 Å². The number of nitrogens with two attached hydrogens (primary N) is 1. The zero-order chi connectivity index (χ0) is 24.4. The van der Waals surface area contributed by atoms with Crippen LogP contribution in [0.3, 0.4) is 0 Å². The van der Waals surface area contributed by atoms with Crippen molar-refractivity contribution in [3.05, 3.63) is 51.7 Å². The molecule has 1 amide bonds. The average Bonchev–Trinajstić information content (AvgIpc) is 3.34. The Labute approximate surface area is 199 Å². The van der Waals surface area contributed by atoms with Crippen LogP contribution in [0.5, 0.6) is 0 Å². The number of non-ortho nitro benzene ring substituents is 1. The molecule has 2 bridgehead atoms. The monoisotopic (exact) mass is 493 g/mol.